The quantitative estimate of drug-likeness (QED) is 0.0965. The van der Waals surface area contributed by atoms with Crippen molar-refractivity contribution < 1.29 is 58.9 Å². The van der Waals surface area contributed by atoms with E-state index in [9.17, 15) is 39.9 Å². The Hall–Kier alpha value is -5.12. The summed E-state index contributed by atoms with van der Waals surface area (Å²) in [7, 11) is 1.44. The average Bonchev–Trinajstić information content (AvgIpc) is 3.46. The van der Waals surface area contributed by atoms with Gasteiger partial charge in [-0.2, -0.15) is 5.10 Å². The highest BCUT2D eigenvalue weighted by Crippen LogP contribution is 2.55. The second-order valence-electron chi connectivity index (χ2n) is 15.9. The van der Waals surface area contributed by atoms with Crippen molar-refractivity contribution >= 4 is 40.3 Å². The van der Waals surface area contributed by atoms with Crippen molar-refractivity contribution in [2.45, 2.75) is 105 Å². The van der Waals surface area contributed by atoms with Crippen molar-refractivity contribution in [1.82, 2.24) is 5.01 Å². The van der Waals surface area contributed by atoms with Crippen molar-refractivity contribution in [2.24, 2.45) is 28.8 Å². The highest BCUT2D eigenvalue weighted by Gasteiger charge is 2.50. The minimum absolute atomic E-state index is 0.0614. The van der Waals surface area contributed by atoms with Gasteiger partial charge in [-0.3, -0.25) is 19.4 Å². The number of methoxy groups -OCH3 is 1. The minimum Gasteiger partial charge on any atom is -0.507 e. The van der Waals surface area contributed by atoms with Crippen LogP contribution in [0, 0.1) is 30.6 Å². The van der Waals surface area contributed by atoms with Crippen LogP contribution >= 0.6 is 0 Å². The van der Waals surface area contributed by atoms with E-state index in [1.54, 1.807) is 44.9 Å². The molecule has 0 spiro atoms. The topological polar surface area (TPSA) is 217 Å². The van der Waals surface area contributed by atoms with Crippen LogP contribution in [0.1, 0.15) is 89.2 Å². The molecule has 4 aliphatic heterocycles. The van der Waals surface area contributed by atoms with Crippen LogP contribution in [-0.4, -0.2) is 105 Å². The maximum Gasteiger partial charge on any atom is 0.312 e. The van der Waals surface area contributed by atoms with Crippen LogP contribution in [0.15, 0.2) is 41.2 Å². The Morgan fingerprint density at radius 2 is 1.62 bits per heavy atom. The number of fused-ring (bicyclic) bond motifs is 14. The molecule has 2 aromatic carbocycles. The number of hydrogen-bond acceptors (Lipinski definition) is 14. The summed E-state index contributed by atoms with van der Waals surface area (Å²) in [6.45, 7) is 13.8. The SMILES string of the molecule is COC1/C=C\OC2(C)Oc3c(C)c(O)c4c(O)c(c(/C=N/N5CCCCC5)c(O)c4c3C2=O)NC(=O)/C(C)=C\C=C/C(C)C(O)C(C)C(O)C(C)C(OC(C)=O)C1C. The van der Waals surface area contributed by atoms with Crippen molar-refractivity contribution in [2.75, 3.05) is 25.5 Å². The number of phenolic OH excluding ortho intramolecular Hbond substituents is 3. The fourth-order valence-corrected chi connectivity index (χ4v) is 8.00. The van der Waals surface area contributed by atoms with Gasteiger partial charge in [-0.15, -0.1) is 0 Å². The number of aliphatic hydroxyl groups excluding tert-OH is 2. The molecule has 1 amide bonds. The zero-order valence-electron chi connectivity index (χ0n) is 34.6. The molecule has 1 saturated heterocycles. The standard InChI is InChI=1S/C43H57N3O12/c1-21-14-13-15-22(2)42(54)45-33-28(20-44-46-17-11-10-12-18-46)37(51)30-31(38(33)52)36(50)26(6)40-32(30)41(53)43(8,58-40)56-19-16-29(55-9)23(3)39(57-27(7)47)25(5)35(49)24(4)34(21)48/h13-16,19-21,23-25,29,34-35,39,48-52H,10-12,17-18H2,1-9H3,(H,45,54)/b14-13-,19-16-,22-15-,44-20+. The number of benzene rings is 2. The Morgan fingerprint density at radius 3 is 2.26 bits per heavy atom. The van der Waals surface area contributed by atoms with Gasteiger partial charge < -0.3 is 49.8 Å². The molecule has 5 bridgehead atoms. The van der Waals surface area contributed by atoms with E-state index >= 15 is 0 Å². The molecule has 6 rings (SSSR count). The maximum atomic E-state index is 14.4. The number of rotatable bonds is 4. The van der Waals surface area contributed by atoms with Crippen molar-refractivity contribution in [1.29, 1.82) is 0 Å². The lowest BCUT2D eigenvalue weighted by Gasteiger charge is -2.38. The Morgan fingerprint density at radius 1 is 0.948 bits per heavy atom. The molecule has 0 radical (unpaired) electrons. The van der Waals surface area contributed by atoms with Crippen LogP contribution in [0.4, 0.5) is 5.69 Å². The van der Waals surface area contributed by atoms with Gasteiger partial charge in [-0.05, 0) is 39.2 Å². The molecule has 2 aromatic rings. The second kappa shape index (κ2) is 17.8. The highest BCUT2D eigenvalue weighted by atomic mass is 16.7. The van der Waals surface area contributed by atoms with Gasteiger partial charge in [0, 0.05) is 74.2 Å². The number of ketones is 1. The van der Waals surface area contributed by atoms with Crippen LogP contribution in [0.3, 0.4) is 0 Å². The van der Waals surface area contributed by atoms with E-state index in [1.807, 2.05) is 0 Å². The Balaban J connectivity index is 1.71. The predicted molar refractivity (Wildman–Crippen MR) is 217 cm³/mol. The monoisotopic (exact) mass is 807 g/mol. The fraction of sp³-hybridized carbons (Fsp3) is 0.535. The number of anilines is 1. The van der Waals surface area contributed by atoms with Crippen molar-refractivity contribution in [3.8, 4) is 23.0 Å². The molecule has 0 aliphatic carbocycles. The van der Waals surface area contributed by atoms with E-state index in [0.29, 0.717) is 13.1 Å². The molecule has 4 aliphatic rings. The molecule has 4 heterocycles. The van der Waals surface area contributed by atoms with Gasteiger partial charge in [0.15, 0.2) is 5.75 Å². The Bertz CT molecular complexity index is 2040. The summed E-state index contributed by atoms with van der Waals surface area (Å²) < 4.78 is 23.6. The largest absolute Gasteiger partial charge is 0.507 e. The molecule has 15 nitrogen and oxygen atoms in total. The molecule has 9 atom stereocenters. The first kappa shape index (κ1) is 44.0. The van der Waals surface area contributed by atoms with Crippen LogP contribution in [0.5, 0.6) is 23.0 Å². The summed E-state index contributed by atoms with van der Waals surface area (Å²) in [5.74, 6) is -8.27. The lowest BCUT2D eigenvalue weighted by atomic mass is 9.78. The summed E-state index contributed by atoms with van der Waals surface area (Å²) in [6.07, 6.45) is 7.74. The van der Waals surface area contributed by atoms with Crippen molar-refractivity contribution in [3.05, 3.63) is 52.8 Å². The number of nitrogens with one attached hydrogen (secondary N) is 1. The van der Waals surface area contributed by atoms with Crippen LogP contribution in [-0.2, 0) is 23.8 Å². The molecule has 9 unspecified atom stereocenters. The third kappa shape index (κ3) is 8.52. The summed E-state index contributed by atoms with van der Waals surface area (Å²) in [6, 6.07) is 0. The number of hydrazone groups is 1. The maximum absolute atomic E-state index is 14.4. The zero-order valence-corrected chi connectivity index (χ0v) is 34.6. The number of aliphatic hydroxyl groups is 2. The number of aromatic hydroxyl groups is 3. The number of esters is 1. The Labute approximate surface area is 338 Å². The number of hydrogen-bond donors (Lipinski definition) is 6. The third-order valence-electron chi connectivity index (χ3n) is 11.7. The number of ether oxygens (including phenoxy) is 4. The number of nitrogens with zero attached hydrogens (tertiary/aromatic N) is 2. The van der Waals surface area contributed by atoms with E-state index in [4.69, 9.17) is 18.9 Å². The summed E-state index contributed by atoms with van der Waals surface area (Å²) >= 11 is 0. The van der Waals surface area contributed by atoms with Gasteiger partial charge in [0.25, 0.3) is 11.7 Å². The molecule has 15 heteroatoms. The first-order valence-corrected chi connectivity index (χ1v) is 19.7. The van der Waals surface area contributed by atoms with Gasteiger partial charge in [0.1, 0.15) is 23.4 Å². The summed E-state index contributed by atoms with van der Waals surface area (Å²) in [5.41, 5.74) is -0.303. The normalized spacial score (nSPS) is 32.1. The molecule has 1 fully saturated rings. The summed E-state index contributed by atoms with van der Waals surface area (Å²) in [5, 5.41) is 66.8. The second-order valence-corrected chi connectivity index (χ2v) is 15.9. The Kier molecular flexibility index (Phi) is 13.5. The molecule has 0 saturated carbocycles. The minimum atomic E-state index is -2.03. The number of phenols is 3. The third-order valence-corrected chi connectivity index (χ3v) is 11.7. The smallest absolute Gasteiger partial charge is 0.312 e. The predicted octanol–water partition coefficient (Wildman–Crippen LogP) is 5.57. The first-order valence-electron chi connectivity index (χ1n) is 19.7. The first-order chi connectivity index (χ1) is 27.3. The zero-order chi connectivity index (χ0) is 42.8. The lowest BCUT2D eigenvalue weighted by molar-refractivity contribution is -0.160. The van der Waals surface area contributed by atoms with Crippen LogP contribution in [0.2, 0.25) is 0 Å². The average molecular weight is 808 g/mol. The van der Waals surface area contributed by atoms with E-state index in [1.165, 1.54) is 59.4 Å². The number of amides is 1. The lowest BCUT2D eigenvalue weighted by Crippen LogP contribution is -2.46. The van der Waals surface area contributed by atoms with Crippen molar-refractivity contribution in [3.63, 3.8) is 0 Å². The number of Topliss-reactive ketones (excluding diaryl/α,β-unsaturated/α-hetero) is 1. The van der Waals surface area contributed by atoms with Crippen LogP contribution in [0.25, 0.3) is 10.8 Å². The van der Waals surface area contributed by atoms with Gasteiger partial charge in [0.2, 0.25) is 0 Å². The van der Waals surface area contributed by atoms with Gasteiger partial charge in [-0.1, -0.05) is 45.9 Å². The molecule has 0 aromatic heterocycles. The number of carbonyl (C=O) groups excluding carboxylic acids is 3. The molecule has 58 heavy (non-hydrogen) atoms. The molecule has 316 valence electrons. The molecular formula is C43H57N3O12. The van der Waals surface area contributed by atoms with E-state index in [2.05, 4.69) is 10.4 Å². The summed E-state index contributed by atoms with van der Waals surface area (Å²) in [4.78, 5) is 40.4. The van der Waals surface area contributed by atoms with Gasteiger partial charge in [-0.25, -0.2) is 0 Å². The van der Waals surface area contributed by atoms with E-state index < -0.39 is 88.8 Å². The molecular weight excluding hydrogens is 750 g/mol. The number of carbonyl (C=O) groups is 3. The van der Waals surface area contributed by atoms with Gasteiger partial charge >= 0.3 is 11.8 Å². The van der Waals surface area contributed by atoms with E-state index in [-0.39, 0.29) is 44.5 Å². The van der Waals surface area contributed by atoms with E-state index in [0.717, 1.165) is 19.3 Å². The van der Waals surface area contributed by atoms with Crippen LogP contribution < -0.4 is 10.1 Å². The fourth-order valence-electron chi connectivity index (χ4n) is 8.00. The van der Waals surface area contributed by atoms with Gasteiger partial charge in [0.05, 0.1) is 53.0 Å². The highest BCUT2D eigenvalue weighted by molar-refractivity contribution is 6.23. The number of allylic oxidation sites excluding steroid dienone is 2. The number of piperidine rings is 1. The molecule has 6 N–H and O–H groups in total.